The van der Waals surface area contributed by atoms with Gasteiger partial charge in [0.25, 0.3) is 5.69 Å². The second-order valence-electron chi connectivity index (χ2n) is 7.00. The molecule has 0 aromatic heterocycles. The van der Waals surface area contributed by atoms with Crippen LogP contribution in [-0.2, 0) is 10.0 Å². The maximum absolute atomic E-state index is 13.3. The molecular weight excluding hydrogens is 366 g/mol. The number of aryl methyl sites for hydroxylation is 2. The van der Waals surface area contributed by atoms with Crippen molar-refractivity contribution < 1.29 is 13.3 Å². The molecule has 3 rings (SSSR count). The number of nitrogens with two attached hydrogens (primary N) is 1. The molecular formula is C19H23N3O4S. The summed E-state index contributed by atoms with van der Waals surface area (Å²) in [5.74, 6) is 0.0606. The first-order chi connectivity index (χ1) is 12.8. The van der Waals surface area contributed by atoms with E-state index in [0.29, 0.717) is 30.8 Å². The summed E-state index contributed by atoms with van der Waals surface area (Å²) in [6.07, 6.45) is 0. The van der Waals surface area contributed by atoms with Crippen LogP contribution in [0.4, 0.5) is 5.69 Å². The van der Waals surface area contributed by atoms with Gasteiger partial charge in [0, 0.05) is 31.1 Å². The second-order valence-corrected chi connectivity index (χ2v) is 8.88. The van der Waals surface area contributed by atoms with E-state index in [0.717, 1.165) is 5.56 Å². The number of hydrogen-bond acceptors (Lipinski definition) is 5. The number of non-ortho nitro benzene ring substituents is 1. The number of nitro benzene ring substituents is 1. The average Bonchev–Trinajstić information content (AvgIpc) is 3.07. The fourth-order valence-corrected chi connectivity index (χ4v) is 5.85. The summed E-state index contributed by atoms with van der Waals surface area (Å²) in [7, 11) is -3.77. The van der Waals surface area contributed by atoms with Crippen molar-refractivity contribution in [2.24, 2.45) is 11.7 Å². The van der Waals surface area contributed by atoms with E-state index in [2.05, 4.69) is 0 Å². The number of rotatable bonds is 5. The Labute approximate surface area is 159 Å². The highest BCUT2D eigenvalue weighted by Gasteiger charge is 2.40. The molecule has 7 nitrogen and oxygen atoms in total. The van der Waals surface area contributed by atoms with Crippen molar-refractivity contribution >= 4 is 15.7 Å². The minimum absolute atomic E-state index is 0.0286. The predicted octanol–water partition coefficient (Wildman–Crippen LogP) is 2.57. The molecule has 144 valence electrons. The van der Waals surface area contributed by atoms with Gasteiger partial charge in [0.05, 0.1) is 9.82 Å². The number of nitro groups is 1. The third kappa shape index (κ3) is 3.60. The van der Waals surface area contributed by atoms with Crippen LogP contribution in [0.5, 0.6) is 0 Å². The molecule has 0 bridgehead atoms. The van der Waals surface area contributed by atoms with E-state index in [4.69, 9.17) is 5.73 Å². The molecule has 1 saturated heterocycles. The van der Waals surface area contributed by atoms with Gasteiger partial charge in [-0.1, -0.05) is 30.3 Å². The molecule has 0 unspecified atom stereocenters. The van der Waals surface area contributed by atoms with E-state index < -0.39 is 14.9 Å². The number of benzene rings is 2. The first-order valence-electron chi connectivity index (χ1n) is 8.76. The Bertz CT molecular complexity index is 937. The Morgan fingerprint density at radius 3 is 2.26 bits per heavy atom. The zero-order chi connectivity index (χ0) is 19.8. The van der Waals surface area contributed by atoms with Crippen molar-refractivity contribution in [3.8, 4) is 0 Å². The van der Waals surface area contributed by atoms with Gasteiger partial charge in [-0.15, -0.1) is 0 Å². The first-order valence-corrected chi connectivity index (χ1v) is 10.2. The molecule has 2 aromatic carbocycles. The Hall–Kier alpha value is -2.29. The molecule has 1 heterocycles. The van der Waals surface area contributed by atoms with E-state index >= 15 is 0 Å². The molecule has 0 radical (unpaired) electrons. The third-order valence-electron chi connectivity index (χ3n) is 5.19. The summed E-state index contributed by atoms with van der Waals surface area (Å²) in [4.78, 5) is 10.7. The van der Waals surface area contributed by atoms with Crippen LogP contribution in [0, 0.1) is 29.9 Å². The summed E-state index contributed by atoms with van der Waals surface area (Å²) in [5, 5.41) is 11.0. The zero-order valence-electron chi connectivity index (χ0n) is 15.3. The molecule has 1 aliphatic heterocycles. The van der Waals surface area contributed by atoms with Gasteiger partial charge in [0.1, 0.15) is 0 Å². The van der Waals surface area contributed by atoms with Crippen LogP contribution in [0.25, 0.3) is 0 Å². The minimum Gasteiger partial charge on any atom is -0.330 e. The molecule has 27 heavy (non-hydrogen) atoms. The predicted molar refractivity (Wildman–Crippen MR) is 103 cm³/mol. The molecule has 0 aliphatic carbocycles. The monoisotopic (exact) mass is 389 g/mol. The Morgan fingerprint density at radius 1 is 1.15 bits per heavy atom. The second kappa shape index (κ2) is 7.38. The molecule has 1 aliphatic rings. The summed E-state index contributed by atoms with van der Waals surface area (Å²) < 4.78 is 28.1. The molecule has 0 amide bonds. The van der Waals surface area contributed by atoms with Crippen molar-refractivity contribution in [1.29, 1.82) is 0 Å². The summed E-state index contributed by atoms with van der Waals surface area (Å²) in [6, 6.07) is 12.4. The fraction of sp³-hybridized carbons (Fsp3) is 0.368. The number of sulfonamides is 1. The van der Waals surface area contributed by atoms with E-state index in [-0.39, 0.29) is 22.4 Å². The van der Waals surface area contributed by atoms with Crippen molar-refractivity contribution in [2.75, 3.05) is 19.6 Å². The molecule has 0 saturated carbocycles. The summed E-state index contributed by atoms with van der Waals surface area (Å²) in [5.41, 5.74) is 7.66. The van der Waals surface area contributed by atoms with E-state index in [1.807, 2.05) is 30.3 Å². The molecule has 2 N–H and O–H groups in total. The van der Waals surface area contributed by atoms with Gasteiger partial charge in [-0.25, -0.2) is 8.42 Å². The third-order valence-corrected chi connectivity index (χ3v) is 7.33. The van der Waals surface area contributed by atoms with Crippen LogP contribution >= 0.6 is 0 Å². The number of nitrogens with zero attached hydrogens (tertiary/aromatic N) is 2. The van der Waals surface area contributed by atoms with Crippen molar-refractivity contribution in [1.82, 2.24) is 4.31 Å². The maximum atomic E-state index is 13.3. The maximum Gasteiger partial charge on any atom is 0.270 e. The highest BCUT2D eigenvalue weighted by atomic mass is 32.2. The Morgan fingerprint density at radius 2 is 1.74 bits per heavy atom. The Kier molecular flexibility index (Phi) is 5.32. The van der Waals surface area contributed by atoms with Crippen molar-refractivity contribution in [2.45, 2.75) is 24.7 Å². The topological polar surface area (TPSA) is 107 Å². The van der Waals surface area contributed by atoms with Gasteiger partial charge in [-0.05, 0) is 43.0 Å². The first kappa shape index (κ1) is 19.5. The highest BCUT2D eigenvalue weighted by Crippen LogP contribution is 2.37. The van der Waals surface area contributed by atoms with Gasteiger partial charge >= 0.3 is 0 Å². The lowest BCUT2D eigenvalue weighted by Crippen LogP contribution is -2.31. The van der Waals surface area contributed by atoms with Crippen LogP contribution in [0.1, 0.15) is 22.6 Å². The molecule has 2 aromatic rings. The van der Waals surface area contributed by atoms with Gasteiger partial charge < -0.3 is 5.73 Å². The zero-order valence-corrected chi connectivity index (χ0v) is 16.1. The standard InChI is InChI=1S/C19H23N3O4S/c1-13-8-17(22(23)24)9-14(2)19(13)27(25,26)21-11-16(10-20)18(12-21)15-6-4-3-5-7-15/h3-9,16,18H,10-12,20H2,1-2H3/t16-,18+/m1/s1. The number of hydrogen-bond donors (Lipinski definition) is 1. The van der Waals surface area contributed by atoms with Crippen molar-refractivity contribution in [3.05, 3.63) is 69.3 Å². The summed E-state index contributed by atoms with van der Waals surface area (Å²) >= 11 is 0. The van der Waals surface area contributed by atoms with Gasteiger partial charge in [-0.3, -0.25) is 10.1 Å². The van der Waals surface area contributed by atoms with Crippen molar-refractivity contribution in [3.63, 3.8) is 0 Å². The van der Waals surface area contributed by atoms with Crippen LogP contribution in [-0.4, -0.2) is 37.3 Å². The Balaban J connectivity index is 1.98. The molecule has 1 fully saturated rings. The minimum atomic E-state index is -3.77. The largest absolute Gasteiger partial charge is 0.330 e. The lowest BCUT2D eigenvalue weighted by Gasteiger charge is -2.19. The van der Waals surface area contributed by atoms with E-state index in [1.54, 1.807) is 13.8 Å². The van der Waals surface area contributed by atoms with Gasteiger partial charge in [-0.2, -0.15) is 4.31 Å². The quantitative estimate of drug-likeness (QED) is 0.625. The van der Waals surface area contributed by atoms with Crippen LogP contribution in [0.2, 0.25) is 0 Å². The van der Waals surface area contributed by atoms with Gasteiger partial charge in [0.15, 0.2) is 0 Å². The summed E-state index contributed by atoms with van der Waals surface area (Å²) in [6.45, 7) is 4.28. The van der Waals surface area contributed by atoms with Crippen LogP contribution in [0.3, 0.4) is 0 Å². The van der Waals surface area contributed by atoms with Crippen LogP contribution in [0.15, 0.2) is 47.4 Å². The fourth-order valence-electron chi connectivity index (χ4n) is 3.91. The average molecular weight is 389 g/mol. The van der Waals surface area contributed by atoms with Gasteiger partial charge in [0.2, 0.25) is 10.0 Å². The molecule has 8 heteroatoms. The van der Waals surface area contributed by atoms with Crippen LogP contribution < -0.4 is 5.73 Å². The SMILES string of the molecule is Cc1cc([N+](=O)[O-])cc(C)c1S(=O)(=O)N1C[C@@H](CN)[C@H](c2ccccc2)C1. The smallest absolute Gasteiger partial charge is 0.270 e. The molecule has 2 atom stereocenters. The van der Waals surface area contributed by atoms with E-state index in [9.17, 15) is 18.5 Å². The lowest BCUT2D eigenvalue weighted by atomic mass is 9.89. The van der Waals surface area contributed by atoms with E-state index in [1.165, 1.54) is 16.4 Å². The normalized spacial score (nSPS) is 20.7. The lowest BCUT2D eigenvalue weighted by molar-refractivity contribution is -0.385. The molecule has 0 spiro atoms. The highest BCUT2D eigenvalue weighted by molar-refractivity contribution is 7.89.